The summed E-state index contributed by atoms with van der Waals surface area (Å²) in [5.41, 5.74) is 1.76. The zero-order valence-electron chi connectivity index (χ0n) is 14.9. The second-order valence-electron chi connectivity index (χ2n) is 5.56. The molecule has 1 aromatic heterocycles. The molecule has 2 heterocycles. The van der Waals surface area contributed by atoms with Crippen LogP contribution < -0.4 is 14.8 Å². The van der Waals surface area contributed by atoms with Crippen molar-refractivity contribution in [2.24, 2.45) is 0 Å². The predicted molar refractivity (Wildman–Crippen MR) is 95.2 cm³/mol. The fraction of sp³-hybridized carbons (Fsp3) is 0.278. The number of nitrogens with one attached hydrogen (secondary N) is 1. The normalized spacial score (nSPS) is 15.7. The first-order chi connectivity index (χ1) is 12.6. The smallest absolute Gasteiger partial charge is 0.338 e. The molecule has 1 aliphatic heterocycles. The molecule has 0 saturated heterocycles. The number of methoxy groups -OCH3 is 2. The molecule has 1 aromatic carbocycles. The number of esters is 1. The number of aromatic nitrogens is 3. The van der Waals surface area contributed by atoms with Crippen LogP contribution >= 0.6 is 0 Å². The van der Waals surface area contributed by atoms with Crippen molar-refractivity contribution in [2.75, 3.05) is 26.1 Å². The van der Waals surface area contributed by atoms with Gasteiger partial charge in [-0.25, -0.2) is 9.48 Å². The minimum absolute atomic E-state index is 0.113. The Hall–Kier alpha value is -3.29. The molecule has 0 unspecified atom stereocenters. The van der Waals surface area contributed by atoms with Crippen LogP contribution in [0, 0.1) is 0 Å². The topological polar surface area (TPSA) is 87.5 Å². The van der Waals surface area contributed by atoms with E-state index in [-0.39, 0.29) is 6.61 Å². The molecule has 3 rings (SSSR count). The maximum Gasteiger partial charge on any atom is 0.338 e. The molecular formula is C18H20N4O4. The Bertz CT molecular complexity index is 872. The Morgan fingerprint density at radius 3 is 2.88 bits per heavy atom. The lowest BCUT2D eigenvalue weighted by molar-refractivity contribution is -0.138. The molecule has 136 valence electrons. The largest absolute Gasteiger partial charge is 0.493 e. The van der Waals surface area contributed by atoms with Crippen LogP contribution in [0.1, 0.15) is 18.5 Å². The molecular weight excluding hydrogens is 336 g/mol. The summed E-state index contributed by atoms with van der Waals surface area (Å²) >= 11 is 0. The molecule has 0 aliphatic carbocycles. The summed E-state index contributed by atoms with van der Waals surface area (Å²) in [4.78, 5) is 16.9. The van der Waals surface area contributed by atoms with Gasteiger partial charge < -0.3 is 19.5 Å². The first-order valence-electron chi connectivity index (χ1n) is 7.98. The zero-order chi connectivity index (χ0) is 18.7. The van der Waals surface area contributed by atoms with Crippen molar-refractivity contribution < 1.29 is 19.0 Å². The number of nitrogens with zero attached hydrogens (tertiary/aromatic N) is 3. The Labute approximate surface area is 151 Å². The minimum atomic E-state index is -0.573. The lowest BCUT2D eigenvalue weighted by Gasteiger charge is -2.29. The highest BCUT2D eigenvalue weighted by Crippen LogP contribution is 2.42. The number of carbonyl (C=O) groups excluding carboxylic acids is 1. The van der Waals surface area contributed by atoms with Gasteiger partial charge in [0.25, 0.3) is 0 Å². The van der Waals surface area contributed by atoms with Crippen molar-refractivity contribution in [1.82, 2.24) is 14.8 Å². The number of allylic oxidation sites excluding steroid dienone is 1. The van der Waals surface area contributed by atoms with Crippen LogP contribution in [-0.4, -0.2) is 41.6 Å². The van der Waals surface area contributed by atoms with Gasteiger partial charge in [0.1, 0.15) is 19.0 Å². The van der Waals surface area contributed by atoms with Crippen molar-refractivity contribution in [3.8, 4) is 11.5 Å². The summed E-state index contributed by atoms with van der Waals surface area (Å²) in [6, 6.07) is 4.91. The minimum Gasteiger partial charge on any atom is -0.493 e. The molecule has 8 nitrogen and oxygen atoms in total. The molecule has 0 fully saturated rings. The molecule has 0 bridgehead atoms. The molecule has 2 aromatic rings. The maximum absolute atomic E-state index is 12.7. The zero-order valence-corrected chi connectivity index (χ0v) is 14.9. The van der Waals surface area contributed by atoms with Crippen molar-refractivity contribution >= 4 is 11.9 Å². The van der Waals surface area contributed by atoms with E-state index in [4.69, 9.17) is 14.2 Å². The van der Waals surface area contributed by atoms with E-state index in [0.717, 1.165) is 0 Å². The summed E-state index contributed by atoms with van der Waals surface area (Å²) in [5.74, 6) is 1.13. The lowest BCUT2D eigenvalue weighted by atomic mass is 9.94. The van der Waals surface area contributed by atoms with Crippen LogP contribution in [0.25, 0.3) is 0 Å². The SMILES string of the molecule is C=CCOC(=O)C1=C(C)Nc2ncnn2[C@@H]1c1cccc(OC)c1OC. The van der Waals surface area contributed by atoms with Gasteiger partial charge >= 0.3 is 5.97 Å². The molecule has 0 amide bonds. The Morgan fingerprint density at radius 1 is 1.38 bits per heavy atom. The van der Waals surface area contributed by atoms with Crippen LogP contribution in [0.2, 0.25) is 0 Å². The van der Waals surface area contributed by atoms with Crippen LogP contribution in [0.3, 0.4) is 0 Å². The third kappa shape index (κ3) is 2.90. The van der Waals surface area contributed by atoms with Crippen LogP contribution in [0.5, 0.6) is 11.5 Å². The van der Waals surface area contributed by atoms with E-state index in [1.54, 1.807) is 31.9 Å². The summed E-state index contributed by atoms with van der Waals surface area (Å²) < 4.78 is 17.9. The van der Waals surface area contributed by atoms with Crippen LogP contribution in [-0.2, 0) is 9.53 Å². The van der Waals surface area contributed by atoms with E-state index in [2.05, 4.69) is 22.0 Å². The number of hydrogen-bond acceptors (Lipinski definition) is 7. The van der Waals surface area contributed by atoms with Gasteiger partial charge in [-0.15, -0.1) is 0 Å². The van der Waals surface area contributed by atoms with Gasteiger partial charge in [-0.1, -0.05) is 24.8 Å². The Balaban J connectivity index is 2.19. The highest BCUT2D eigenvalue weighted by atomic mass is 16.5. The third-order valence-corrected chi connectivity index (χ3v) is 4.07. The highest BCUT2D eigenvalue weighted by Gasteiger charge is 2.36. The molecule has 0 spiro atoms. The lowest BCUT2D eigenvalue weighted by Crippen LogP contribution is -2.30. The van der Waals surface area contributed by atoms with Crippen LogP contribution in [0.15, 0.2) is 48.5 Å². The molecule has 1 atom stereocenters. The number of anilines is 1. The van der Waals surface area contributed by atoms with Gasteiger partial charge in [0.05, 0.1) is 19.8 Å². The summed E-state index contributed by atoms with van der Waals surface area (Å²) in [5, 5.41) is 7.36. The fourth-order valence-corrected chi connectivity index (χ4v) is 2.98. The molecule has 1 N–H and O–H groups in total. The fourth-order valence-electron chi connectivity index (χ4n) is 2.98. The van der Waals surface area contributed by atoms with E-state index in [9.17, 15) is 4.79 Å². The average Bonchev–Trinajstić information content (AvgIpc) is 3.12. The first-order valence-corrected chi connectivity index (χ1v) is 7.98. The number of para-hydroxylation sites is 1. The number of ether oxygens (including phenoxy) is 3. The third-order valence-electron chi connectivity index (χ3n) is 4.07. The van der Waals surface area contributed by atoms with Gasteiger partial charge in [0.2, 0.25) is 5.95 Å². The van der Waals surface area contributed by atoms with Crippen molar-refractivity contribution in [1.29, 1.82) is 0 Å². The number of fused-ring (bicyclic) bond motifs is 1. The van der Waals surface area contributed by atoms with Gasteiger partial charge in [-0.2, -0.15) is 10.1 Å². The Morgan fingerprint density at radius 2 is 2.19 bits per heavy atom. The summed E-state index contributed by atoms with van der Waals surface area (Å²) in [7, 11) is 3.11. The van der Waals surface area contributed by atoms with Crippen molar-refractivity contribution in [3.05, 3.63) is 54.0 Å². The Kier molecular flexibility index (Phi) is 4.92. The van der Waals surface area contributed by atoms with E-state index in [1.807, 2.05) is 12.1 Å². The summed E-state index contributed by atoms with van der Waals surface area (Å²) in [6.45, 7) is 5.49. The van der Waals surface area contributed by atoms with E-state index >= 15 is 0 Å². The van der Waals surface area contributed by atoms with Gasteiger partial charge in [-0.3, -0.25) is 0 Å². The van der Waals surface area contributed by atoms with E-state index < -0.39 is 12.0 Å². The second kappa shape index (κ2) is 7.30. The highest BCUT2D eigenvalue weighted by molar-refractivity contribution is 5.92. The molecule has 26 heavy (non-hydrogen) atoms. The monoisotopic (exact) mass is 356 g/mol. The van der Waals surface area contributed by atoms with Crippen molar-refractivity contribution in [3.63, 3.8) is 0 Å². The average molecular weight is 356 g/mol. The van der Waals surface area contributed by atoms with E-state index in [1.165, 1.54) is 12.4 Å². The quantitative estimate of drug-likeness (QED) is 0.628. The number of hydrogen-bond donors (Lipinski definition) is 1. The molecule has 1 aliphatic rings. The second-order valence-corrected chi connectivity index (χ2v) is 5.56. The number of carbonyl (C=O) groups is 1. The molecule has 8 heteroatoms. The van der Waals surface area contributed by atoms with Crippen LogP contribution in [0.4, 0.5) is 5.95 Å². The van der Waals surface area contributed by atoms with Gasteiger partial charge in [0, 0.05) is 11.3 Å². The first kappa shape index (κ1) is 17.5. The number of rotatable bonds is 6. The van der Waals surface area contributed by atoms with E-state index in [0.29, 0.717) is 34.3 Å². The molecule has 0 saturated carbocycles. The maximum atomic E-state index is 12.7. The molecule has 0 radical (unpaired) electrons. The predicted octanol–water partition coefficient (Wildman–Crippen LogP) is 2.31. The summed E-state index contributed by atoms with van der Waals surface area (Å²) in [6.07, 6.45) is 2.94. The number of benzene rings is 1. The van der Waals surface area contributed by atoms with Gasteiger partial charge in [-0.05, 0) is 13.0 Å². The standard InChI is InChI=1S/C18H20N4O4/c1-5-9-26-17(23)14-11(2)21-18-19-10-20-22(18)15(14)12-7-6-8-13(24-3)16(12)25-4/h5-8,10,15H,1,9H2,2-4H3,(H,19,20,21)/t15-/m1/s1. The van der Waals surface area contributed by atoms with Gasteiger partial charge in [0.15, 0.2) is 11.5 Å². The van der Waals surface area contributed by atoms with Crippen molar-refractivity contribution in [2.45, 2.75) is 13.0 Å².